The number of fused-ring (bicyclic) bond motifs is 1. The molecule has 0 radical (unpaired) electrons. The molecule has 0 saturated heterocycles. The zero-order valence-electron chi connectivity index (χ0n) is 14.0. The second kappa shape index (κ2) is 8.65. The lowest BCUT2D eigenvalue weighted by Crippen LogP contribution is -2.23. The van der Waals surface area contributed by atoms with Crippen molar-refractivity contribution in [2.75, 3.05) is 6.54 Å². The zero-order chi connectivity index (χ0) is 17.3. The second-order valence-electron chi connectivity index (χ2n) is 5.86. The molecule has 3 aromatic rings. The van der Waals surface area contributed by atoms with Gasteiger partial charge in [0.25, 0.3) is 0 Å². The van der Waals surface area contributed by atoms with E-state index in [0.29, 0.717) is 13.0 Å². The number of rotatable bonds is 5. The summed E-state index contributed by atoms with van der Waals surface area (Å²) >= 11 is 0. The molecule has 1 amide bonds. The van der Waals surface area contributed by atoms with E-state index < -0.39 is 0 Å². The maximum atomic E-state index is 11.9. The Labute approximate surface area is 148 Å². The minimum Gasteiger partial charge on any atom is -0.345 e. The van der Waals surface area contributed by atoms with E-state index in [0.717, 1.165) is 18.4 Å². The Morgan fingerprint density at radius 1 is 1.04 bits per heavy atom. The first-order valence-electron chi connectivity index (χ1n) is 8.44. The van der Waals surface area contributed by atoms with Gasteiger partial charge < -0.3 is 5.32 Å². The van der Waals surface area contributed by atoms with Crippen molar-refractivity contribution in [1.29, 1.82) is 0 Å². The number of pyridine rings is 1. The minimum atomic E-state index is 0.0428. The van der Waals surface area contributed by atoms with E-state index in [1.54, 1.807) is 12.4 Å². The number of aromatic nitrogens is 1. The molecule has 1 heterocycles. The molecule has 0 bridgehead atoms. The maximum Gasteiger partial charge on any atom is 0.220 e. The summed E-state index contributed by atoms with van der Waals surface area (Å²) in [4.78, 5) is 15.9. The molecule has 124 valence electrons. The predicted octanol–water partition coefficient (Wildman–Crippen LogP) is 3.73. The van der Waals surface area contributed by atoms with Crippen molar-refractivity contribution in [3.05, 3.63) is 78.1 Å². The highest BCUT2D eigenvalue weighted by Crippen LogP contribution is 2.16. The molecule has 3 heteroatoms. The van der Waals surface area contributed by atoms with Crippen LogP contribution in [-0.4, -0.2) is 17.4 Å². The molecule has 0 aliphatic carbocycles. The van der Waals surface area contributed by atoms with E-state index in [4.69, 9.17) is 0 Å². The van der Waals surface area contributed by atoms with Gasteiger partial charge in [-0.15, -0.1) is 0 Å². The van der Waals surface area contributed by atoms with Crippen LogP contribution < -0.4 is 5.32 Å². The van der Waals surface area contributed by atoms with Crippen LogP contribution in [0, 0.1) is 11.8 Å². The Balaban J connectivity index is 1.41. The summed E-state index contributed by atoms with van der Waals surface area (Å²) in [5, 5.41) is 5.33. The van der Waals surface area contributed by atoms with Gasteiger partial charge in [-0.05, 0) is 41.3 Å². The van der Waals surface area contributed by atoms with Crippen LogP contribution in [0.1, 0.15) is 24.0 Å². The van der Waals surface area contributed by atoms with Crippen molar-refractivity contribution in [3.63, 3.8) is 0 Å². The van der Waals surface area contributed by atoms with Crippen LogP contribution >= 0.6 is 0 Å². The number of hydrogen-bond donors (Lipinski definition) is 1. The molecular weight excluding hydrogens is 308 g/mol. The third kappa shape index (κ3) is 5.19. The molecule has 0 aliphatic rings. The van der Waals surface area contributed by atoms with E-state index in [-0.39, 0.29) is 5.91 Å². The Morgan fingerprint density at radius 2 is 1.92 bits per heavy atom. The summed E-state index contributed by atoms with van der Waals surface area (Å²) in [6.45, 7) is 0.365. The van der Waals surface area contributed by atoms with Gasteiger partial charge in [0, 0.05) is 24.4 Å². The van der Waals surface area contributed by atoms with Crippen molar-refractivity contribution in [2.45, 2.75) is 19.3 Å². The molecule has 2 aromatic carbocycles. The first kappa shape index (κ1) is 16.7. The van der Waals surface area contributed by atoms with Gasteiger partial charge in [0.05, 0.1) is 6.54 Å². The maximum absolute atomic E-state index is 11.9. The Hall–Kier alpha value is -3.12. The van der Waals surface area contributed by atoms with Gasteiger partial charge in [-0.1, -0.05) is 54.3 Å². The van der Waals surface area contributed by atoms with Gasteiger partial charge in [-0.2, -0.15) is 0 Å². The number of nitrogens with zero attached hydrogens (tertiary/aromatic N) is 1. The Kier molecular flexibility index (Phi) is 5.79. The number of aryl methyl sites for hydroxylation is 1. The van der Waals surface area contributed by atoms with Gasteiger partial charge in [0.1, 0.15) is 0 Å². The fourth-order valence-electron chi connectivity index (χ4n) is 2.66. The summed E-state index contributed by atoms with van der Waals surface area (Å²) in [6.07, 6.45) is 5.67. The zero-order valence-corrected chi connectivity index (χ0v) is 14.0. The van der Waals surface area contributed by atoms with Crippen LogP contribution in [0.5, 0.6) is 0 Å². The third-order valence-corrected chi connectivity index (χ3v) is 3.95. The first-order valence-corrected chi connectivity index (χ1v) is 8.44. The summed E-state index contributed by atoms with van der Waals surface area (Å²) in [7, 11) is 0. The average Bonchev–Trinajstić information content (AvgIpc) is 2.66. The lowest BCUT2D eigenvalue weighted by Gasteiger charge is -2.04. The molecule has 0 atom stereocenters. The highest BCUT2D eigenvalue weighted by Gasteiger charge is 2.01. The molecule has 0 aliphatic heterocycles. The minimum absolute atomic E-state index is 0.0428. The van der Waals surface area contributed by atoms with Crippen LogP contribution in [0.25, 0.3) is 10.8 Å². The summed E-state index contributed by atoms with van der Waals surface area (Å²) in [6, 6.07) is 18.5. The first-order chi connectivity index (χ1) is 12.3. The summed E-state index contributed by atoms with van der Waals surface area (Å²) in [5.41, 5.74) is 2.12. The monoisotopic (exact) mass is 328 g/mol. The Morgan fingerprint density at radius 3 is 2.76 bits per heavy atom. The summed E-state index contributed by atoms with van der Waals surface area (Å²) in [5.74, 6) is 5.95. The molecule has 25 heavy (non-hydrogen) atoms. The Bertz CT molecular complexity index is 907. The fraction of sp³-hybridized carbons (Fsp3) is 0.182. The van der Waals surface area contributed by atoms with Crippen molar-refractivity contribution in [2.24, 2.45) is 0 Å². The molecule has 0 saturated carbocycles. The number of hydrogen-bond acceptors (Lipinski definition) is 2. The molecule has 0 unspecified atom stereocenters. The van der Waals surface area contributed by atoms with Gasteiger partial charge in [-0.3, -0.25) is 9.78 Å². The highest BCUT2D eigenvalue weighted by atomic mass is 16.1. The molecule has 3 nitrogen and oxygen atoms in total. The highest BCUT2D eigenvalue weighted by molar-refractivity contribution is 5.83. The van der Waals surface area contributed by atoms with Crippen LogP contribution in [0.2, 0.25) is 0 Å². The van der Waals surface area contributed by atoms with Crippen molar-refractivity contribution in [3.8, 4) is 11.8 Å². The van der Waals surface area contributed by atoms with Crippen molar-refractivity contribution in [1.82, 2.24) is 10.3 Å². The van der Waals surface area contributed by atoms with Gasteiger partial charge in [0.2, 0.25) is 5.91 Å². The van der Waals surface area contributed by atoms with Gasteiger partial charge in [-0.25, -0.2) is 0 Å². The molecule has 0 spiro atoms. The van der Waals surface area contributed by atoms with Crippen LogP contribution in [0.3, 0.4) is 0 Å². The van der Waals surface area contributed by atoms with Crippen molar-refractivity contribution >= 4 is 16.7 Å². The van der Waals surface area contributed by atoms with Gasteiger partial charge in [0.15, 0.2) is 0 Å². The molecule has 1 N–H and O–H groups in total. The third-order valence-electron chi connectivity index (χ3n) is 3.95. The quantitative estimate of drug-likeness (QED) is 0.725. The number of benzene rings is 2. The molecule has 0 fully saturated rings. The van der Waals surface area contributed by atoms with E-state index in [9.17, 15) is 4.79 Å². The topological polar surface area (TPSA) is 42.0 Å². The lowest BCUT2D eigenvalue weighted by molar-refractivity contribution is -0.120. The van der Waals surface area contributed by atoms with Gasteiger partial charge >= 0.3 is 0 Å². The SMILES string of the molecule is O=C(CCCc1ccc2ccccc2c1)NCC#Cc1cccnc1. The van der Waals surface area contributed by atoms with E-state index in [1.165, 1.54) is 16.3 Å². The van der Waals surface area contributed by atoms with E-state index >= 15 is 0 Å². The molecule has 1 aromatic heterocycles. The second-order valence-corrected chi connectivity index (χ2v) is 5.86. The normalized spacial score (nSPS) is 10.1. The molecular formula is C22H20N2O. The largest absolute Gasteiger partial charge is 0.345 e. The number of carbonyl (C=O) groups is 1. The smallest absolute Gasteiger partial charge is 0.220 e. The van der Waals surface area contributed by atoms with Crippen LogP contribution in [0.15, 0.2) is 67.0 Å². The average molecular weight is 328 g/mol. The van der Waals surface area contributed by atoms with Crippen molar-refractivity contribution < 1.29 is 4.79 Å². The standard InChI is InChI=1S/C22H20N2O/c25-22(24-15-5-8-19-7-4-14-23-17-19)11-3-6-18-12-13-20-9-1-2-10-21(20)16-18/h1-2,4,7,9-10,12-14,16-17H,3,6,11,15H2,(H,24,25). The number of nitrogens with one attached hydrogen (secondary N) is 1. The van der Waals surface area contributed by atoms with E-state index in [2.05, 4.69) is 52.5 Å². The van der Waals surface area contributed by atoms with Crippen LogP contribution in [-0.2, 0) is 11.2 Å². The summed E-state index contributed by atoms with van der Waals surface area (Å²) < 4.78 is 0. The lowest BCUT2D eigenvalue weighted by atomic mass is 10.0. The number of carbonyl (C=O) groups excluding carboxylic acids is 1. The predicted molar refractivity (Wildman–Crippen MR) is 101 cm³/mol. The fourth-order valence-corrected chi connectivity index (χ4v) is 2.66. The molecule has 3 rings (SSSR count). The number of amides is 1. The van der Waals surface area contributed by atoms with E-state index in [1.807, 2.05) is 24.3 Å². The van der Waals surface area contributed by atoms with Crippen LogP contribution in [0.4, 0.5) is 0 Å².